The van der Waals surface area contributed by atoms with Gasteiger partial charge in [-0.2, -0.15) is 0 Å². The minimum atomic E-state index is -0.178. The Hall–Kier alpha value is -2.48. The Labute approximate surface area is 191 Å². The number of hydrogen-bond donors (Lipinski definition) is 1. The van der Waals surface area contributed by atoms with Crippen LogP contribution in [0.15, 0.2) is 48.5 Å². The van der Waals surface area contributed by atoms with Crippen molar-refractivity contribution in [1.82, 2.24) is 15.1 Å². The molecule has 1 fully saturated rings. The summed E-state index contributed by atoms with van der Waals surface area (Å²) in [5, 5.41) is 4.09. The van der Waals surface area contributed by atoms with E-state index in [2.05, 4.69) is 10.2 Å². The molecule has 0 spiro atoms. The van der Waals surface area contributed by atoms with Gasteiger partial charge in [0, 0.05) is 49.3 Å². The topological polar surface area (TPSA) is 71.1 Å². The predicted molar refractivity (Wildman–Crippen MR) is 120 cm³/mol. The fraction of sp³-hybridized carbons (Fsp3) is 0.364. The molecule has 1 N–H and O–H groups in total. The van der Waals surface area contributed by atoms with Gasteiger partial charge in [0.25, 0.3) is 11.8 Å². The second kappa shape index (κ2) is 11.8. The lowest BCUT2D eigenvalue weighted by Gasteiger charge is -2.34. The molecule has 1 heterocycles. The van der Waals surface area contributed by atoms with Crippen LogP contribution in [0.5, 0.6) is 11.5 Å². The average molecular weight is 466 g/mol. The van der Waals surface area contributed by atoms with Gasteiger partial charge in [-0.25, -0.2) is 0 Å². The van der Waals surface area contributed by atoms with Crippen LogP contribution in [0.3, 0.4) is 0 Å². The third-order valence-corrected chi connectivity index (χ3v) is 5.34. The summed E-state index contributed by atoms with van der Waals surface area (Å²) in [6, 6.07) is 13.8. The zero-order valence-electron chi connectivity index (χ0n) is 17.1. The monoisotopic (exact) mass is 465 g/mol. The molecule has 0 atom stereocenters. The molecule has 1 aliphatic rings. The van der Waals surface area contributed by atoms with Crippen molar-refractivity contribution < 1.29 is 19.1 Å². The molecule has 0 radical (unpaired) electrons. The maximum absolute atomic E-state index is 12.3. The molecule has 31 heavy (non-hydrogen) atoms. The van der Waals surface area contributed by atoms with Crippen LogP contribution in [0.2, 0.25) is 10.0 Å². The lowest BCUT2D eigenvalue weighted by atomic mass is 10.3. The summed E-state index contributed by atoms with van der Waals surface area (Å²) in [6.07, 6.45) is 0. The minimum Gasteiger partial charge on any atom is -0.484 e. The van der Waals surface area contributed by atoms with Crippen molar-refractivity contribution in [2.24, 2.45) is 0 Å². The summed E-state index contributed by atoms with van der Waals surface area (Å²) < 4.78 is 10.9. The van der Waals surface area contributed by atoms with Gasteiger partial charge in [0.2, 0.25) is 0 Å². The SMILES string of the molecule is O=C(COc1ccc(Cl)cc1)NCCN1CCN(C(=O)COc2ccc(Cl)cc2)CC1. The summed E-state index contributed by atoms with van der Waals surface area (Å²) >= 11 is 11.7. The van der Waals surface area contributed by atoms with E-state index in [1.54, 1.807) is 53.4 Å². The van der Waals surface area contributed by atoms with E-state index < -0.39 is 0 Å². The number of nitrogens with one attached hydrogen (secondary N) is 1. The maximum Gasteiger partial charge on any atom is 0.260 e. The standard InChI is InChI=1S/C22H25Cl2N3O4/c23-17-1-5-19(6-2-17)30-15-21(28)25-9-10-26-11-13-27(14-12-26)22(29)16-31-20-7-3-18(24)4-8-20/h1-8H,9-16H2,(H,25,28). The Morgan fingerprint density at radius 1 is 0.806 bits per heavy atom. The normalized spacial score (nSPS) is 14.2. The van der Waals surface area contributed by atoms with E-state index in [4.69, 9.17) is 32.7 Å². The highest BCUT2D eigenvalue weighted by Gasteiger charge is 2.21. The van der Waals surface area contributed by atoms with Crippen LogP contribution >= 0.6 is 23.2 Å². The van der Waals surface area contributed by atoms with Gasteiger partial charge in [-0.1, -0.05) is 23.2 Å². The minimum absolute atomic E-state index is 0.00527. The fourth-order valence-corrected chi connectivity index (χ4v) is 3.32. The fourth-order valence-electron chi connectivity index (χ4n) is 3.07. The number of benzene rings is 2. The number of hydrogen-bond acceptors (Lipinski definition) is 5. The quantitative estimate of drug-likeness (QED) is 0.616. The Kier molecular flexibility index (Phi) is 8.82. The van der Waals surface area contributed by atoms with Crippen LogP contribution < -0.4 is 14.8 Å². The first kappa shape index (κ1) is 23.2. The van der Waals surface area contributed by atoms with Gasteiger partial charge in [0.05, 0.1) is 0 Å². The molecule has 2 amide bonds. The highest BCUT2D eigenvalue weighted by molar-refractivity contribution is 6.30. The van der Waals surface area contributed by atoms with Crippen LogP contribution in [0.25, 0.3) is 0 Å². The van der Waals surface area contributed by atoms with Crippen molar-refractivity contribution in [2.45, 2.75) is 0 Å². The molecule has 1 aliphatic heterocycles. The van der Waals surface area contributed by atoms with Crippen molar-refractivity contribution in [3.63, 3.8) is 0 Å². The van der Waals surface area contributed by atoms with Crippen molar-refractivity contribution in [1.29, 1.82) is 0 Å². The molecule has 1 saturated heterocycles. The van der Waals surface area contributed by atoms with Gasteiger partial charge in [0.1, 0.15) is 11.5 Å². The lowest BCUT2D eigenvalue weighted by Crippen LogP contribution is -2.51. The third-order valence-electron chi connectivity index (χ3n) is 4.83. The third kappa shape index (κ3) is 7.94. The van der Waals surface area contributed by atoms with E-state index >= 15 is 0 Å². The first-order valence-electron chi connectivity index (χ1n) is 10.0. The first-order chi connectivity index (χ1) is 15.0. The summed E-state index contributed by atoms with van der Waals surface area (Å²) in [4.78, 5) is 28.3. The molecule has 9 heteroatoms. The Bertz CT molecular complexity index is 851. The predicted octanol–water partition coefficient (Wildman–Crippen LogP) is 2.71. The van der Waals surface area contributed by atoms with E-state index in [1.807, 2.05) is 0 Å². The number of piperazine rings is 1. The number of halogens is 2. The average Bonchev–Trinajstić information content (AvgIpc) is 2.78. The molecule has 2 aromatic carbocycles. The first-order valence-corrected chi connectivity index (χ1v) is 10.8. The van der Waals surface area contributed by atoms with Gasteiger partial charge >= 0.3 is 0 Å². The Morgan fingerprint density at radius 2 is 1.32 bits per heavy atom. The second-order valence-corrected chi connectivity index (χ2v) is 7.93. The van der Waals surface area contributed by atoms with Crippen LogP contribution in [0.1, 0.15) is 0 Å². The number of carbonyl (C=O) groups excluding carboxylic acids is 2. The van der Waals surface area contributed by atoms with E-state index in [0.717, 1.165) is 19.6 Å². The number of rotatable bonds is 9. The molecule has 0 aromatic heterocycles. The lowest BCUT2D eigenvalue weighted by molar-refractivity contribution is -0.135. The molecule has 0 aliphatic carbocycles. The van der Waals surface area contributed by atoms with E-state index in [1.165, 1.54) is 0 Å². The van der Waals surface area contributed by atoms with Crippen molar-refractivity contribution in [2.75, 3.05) is 52.5 Å². The van der Waals surface area contributed by atoms with Gasteiger partial charge < -0.3 is 19.7 Å². The van der Waals surface area contributed by atoms with Crippen LogP contribution in [0.4, 0.5) is 0 Å². The van der Waals surface area contributed by atoms with Gasteiger partial charge in [0.15, 0.2) is 13.2 Å². The molecular formula is C22H25Cl2N3O4. The highest BCUT2D eigenvalue weighted by Crippen LogP contribution is 2.16. The van der Waals surface area contributed by atoms with Crippen LogP contribution in [0, 0.1) is 0 Å². The molecular weight excluding hydrogens is 441 g/mol. The van der Waals surface area contributed by atoms with Crippen LogP contribution in [-0.2, 0) is 9.59 Å². The van der Waals surface area contributed by atoms with Gasteiger partial charge in [-0.15, -0.1) is 0 Å². The summed E-state index contributed by atoms with van der Waals surface area (Å²) in [6.45, 7) is 3.98. The summed E-state index contributed by atoms with van der Waals surface area (Å²) in [7, 11) is 0. The van der Waals surface area contributed by atoms with E-state index in [-0.39, 0.29) is 25.0 Å². The van der Waals surface area contributed by atoms with Crippen molar-refractivity contribution in [3.8, 4) is 11.5 Å². The molecule has 2 aromatic rings. The highest BCUT2D eigenvalue weighted by atomic mass is 35.5. The molecule has 0 bridgehead atoms. The summed E-state index contributed by atoms with van der Waals surface area (Å²) in [5.74, 6) is 0.998. The van der Waals surface area contributed by atoms with E-state index in [0.29, 0.717) is 41.2 Å². The van der Waals surface area contributed by atoms with Gasteiger partial charge in [-0.3, -0.25) is 14.5 Å². The summed E-state index contributed by atoms with van der Waals surface area (Å²) in [5.41, 5.74) is 0. The molecule has 3 rings (SSSR count). The van der Waals surface area contributed by atoms with E-state index in [9.17, 15) is 9.59 Å². The zero-order chi connectivity index (χ0) is 22.1. The number of amides is 2. The number of carbonyl (C=O) groups is 2. The maximum atomic E-state index is 12.3. The van der Waals surface area contributed by atoms with Gasteiger partial charge in [-0.05, 0) is 48.5 Å². The molecule has 0 unspecified atom stereocenters. The second-order valence-electron chi connectivity index (χ2n) is 7.06. The zero-order valence-corrected chi connectivity index (χ0v) is 18.6. The molecule has 7 nitrogen and oxygen atoms in total. The Morgan fingerprint density at radius 3 is 1.87 bits per heavy atom. The Balaban J connectivity index is 1.27. The van der Waals surface area contributed by atoms with Crippen LogP contribution in [-0.4, -0.2) is 74.1 Å². The number of ether oxygens (including phenoxy) is 2. The number of nitrogens with zero attached hydrogens (tertiary/aromatic N) is 2. The molecule has 166 valence electrons. The van der Waals surface area contributed by atoms with Crippen molar-refractivity contribution in [3.05, 3.63) is 58.6 Å². The molecule has 0 saturated carbocycles. The smallest absolute Gasteiger partial charge is 0.260 e. The largest absolute Gasteiger partial charge is 0.484 e. The van der Waals surface area contributed by atoms with Crippen molar-refractivity contribution >= 4 is 35.0 Å².